The zero-order chi connectivity index (χ0) is 13.0. The minimum Gasteiger partial charge on any atom is -0.488 e. The zero-order valence-corrected chi connectivity index (χ0v) is 11.8. The highest BCUT2D eigenvalue weighted by atomic mass is 35.5. The van der Waals surface area contributed by atoms with Gasteiger partial charge in [-0.2, -0.15) is 0 Å². The number of rotatable bonds is 6. The van der Waals surface area contributed by atoms with Gasteiger partial charge in [-0.25, -0.2) is 0 Å². The molecule has 1 aromatic rings. The molecule has 1 aromatic carbocycles. The van der Waals surface area contributed by atoms with Crippen LogP contribution in [0.5, 0.6) is 5.75 Å². The molecule has 0 aromatic heterocycles. The number of hydrogen-bond donors (Lipinski definition) is 0. The van der Waals surface area contributed by atoms with Crippen LogP contribution in [0.25, 0.3) is 0 Å². The highest BCUT2D eigenvalue weighted by molar-refractivity contribution is 6.21. The molecule has 0 saturated heterocycles. The van der Waals surface area contributed by atoms with Crippen molar-refractivity contribution in [1.29, 1.82) is 0 Å². The Labute approximate surface area is 114 Å². The van der Waals surface area contributed by atoms with Crippen molar-refractivity contribution in [3.63, 3.8) is 0 Å². The Morgan fingerprint density at radius 1 is 1.22 bits per heavy atom. The molecule has 18 heavy (non-hydrogen) atoms. The SMILES string of the molecule is CCCOC1C(Cl)CC1Oc1ccc(CC)cc1. The van der Waals surface area contributed by atoms with Gasteiger partial charge in [-0.3, -0.25) is 0 Å². The number of hydrogen-bond acceptors (Lipinski definition) is 2. The highest BCUT2D eigenvalue weighted by Gasteiger charge is 2.42. The van der Waals surface area contributed by atoms with Gasteiger partial charge in [0.1, 0.15) is 18.0 Å². The number of ether oxygens (including phenoxy) is 2. The van der Waals surface area contributed by atoms with Gasteiger partial charge in [-0.1, -0.05) is 26.0 Å². The molecule has 3 unspecified atom stereocenters. The van der Waals surface area contributed by atoms with Crippen molar-refractivity contribution in [3.05, 3.63) is 29.8 Å². The molecule has 1 saturated carbocycles. The van der Waals surface area contributed by atoms with Crippen LogP contribution in [0.1, 0.15) is 32.3 Å². The summed E-state index contributed by atoms with van der Waals surface area (Å²) in [6.45, 7) is 5.00. The summed E-state index contributed by atoms with van der Waals surface area (Å²) in [6.07, 6.45) is 3.07. The standard InChI is InChI=1S/C15H21ClO2/c1-3-9-17-15-13(16)10-14(15)18-12-7-5-11(4-2)6-8-12/h5-8,13-15H,3-4,9-10H2,1-2H3. The largest absolute Gasteiger partial charge is 0.488 e. The van der Waals surface area contributed by atoms with Crippen molar-refractivity contribution in [3.8, 4) is 5.75 Å². The summed E-state index contributed by atoms with van der Waals surface area (Å²) in [7, 11) is 0. The van der Waals surface area contributed by atoms with Crippen LogP contribution in [0.4, 0.5) is 0 Å². The van der Waals surface area contributed by atoms with E-state index in [9.17, 15) is 0 Å². The van der Waals surface area contributed by atoms with Gasteiger partial charge in [0.15, 0.2) is 0 Å². The van der Waals surface area contributed by atoms with Gasteiger partial charge in [-0.05, 0) is 30.5 Å². The summed E-state index contributed by atoms with van der Waals surface area (Å²) in [6, 6.07) is 8.26. The van der Waals surface area contributed by atoms with Gasteiger partial charge in [0.25, 0.3) is 0 Å². The smallest absolute Gasteiger partial charge is 0.128 e. The van der Waals surface area contributed by atoms with E-state index in [4.69, 9.17) is 21.1 Å². The first kappa shape index (κ1) is 13.7. The molecule has 100 valence electrons. The number of halogens is 1. The fraction of sp³-hybridized carbons (Fsp3) is 0.600. The molecule has 0 aliphatic heterocycles. The molecule has 3 atom stereocenters. The lowest BCUT2D eigenvalue weighted by atomic mass is 9.91. The lowest BCUT2D eigenvalue weighted by molar-refractivity contribution is -0.0797. The van der Waals surface area contributed by atoms with E-state index >= 15 is 0 Å². The van der Waals surface area contributed by atoms with Crippen LogP contribution in [0.3, 0.4) is 0 Å². The number of alkyl halides is 1. The van der Waals surface area contributed by atoms with Crippen molar-refractivity contribution in [2.45, 2.75) is 50.7 Å². The maximum Gasteiger partial charge on any atom is 0.128 e. The molecule has 3 heteroatoms. The predicted molar refractivity (Wildman–Crippen MR) is 74.5 cm³/mol. The summed E-state index contributed by atoms with van der Waals surface area (Å²) in [5.41, 5.74) is 1.32. The Morgan fingerprint density at radius 2 is 1.94 bits per heavy atom. The summed E-state index contributed by atoms with van der Waals surface area (Å²) in [5.74, 6) is 0.908. The first-order valence-corrected chi connectivity index (χ1v) is 7.19. The Balaban J connectivity index is 1.88. The van der Waals surface area contributed by atoms with Gasteiger partial charge in [0.05, 0.1) is 5.38 Å². The summed E-state index contributed by atoms with van der Waals surface area (Å²) in [4.78, 5) is 0. The second-order valence-corrected chi connectivity index (χ2v) is 5.30. The number of benzene rings is 1. The summed E-state index contributed by atoms with van der Waals surface area (Å²) in [5, 5.41) is 0.0939. The first-order valence-electron chi connectivity index (χ1n) is 6.75. The second-order valence-electron chi connectivity index (χ2n) is 4.74. The third-order valence-corrected chi connectivity index (χ3v) is 3.74. The van der Waals surface area contributed by atoms with Crippen LogP contribution < -0.4 is 4.74 Å². The van der Waals surface area contributed by atoms with Crippen LogP contribution in [0.2, 0.25) is 0 Å². The van der Waals surface area contributed by atoms with E-state index in [1.807, 2.05) is 12.1 Å². The highest BCUT2D eigenvalue weighted by Crippen LogP contribution is 2.33. The van der Waals surface area contributed by atoms with Crippen molar-refractivity contribution < 1.29 is 9.47 Å². The average molecular weight is 269 g/mol. The molecule has 1 aliphatic carbocycles. The van der Waals surface area contributed by atoms with Crippen molar-refractivity contribution in [2.24, 2.45) is 0 Å². The Bertz CT molecular complexity index is 363. The van der Waals surface area contributed by atoms with Crippen LogP contribution >= 0.6 is 11.6 Å². The molecule has 0 heterocycles. The zero-order valence-electron chi connectivity index (χ0n) is 11.1. The molecule has 0 spiro atoms. The third-order valence-electron chi connectivity index (χ3n) is 3.31. The molecule has 1 fully saturated rings. The van der Waals surface area contributed by atoms with Gasteiger partial charge in [-0.15, -0.1) is 11.6 Å². The van der Waals surface area contributed by atoms with Gasteiger partial charge in [0.2, 0.25) is 0 Å². The third kappa shape index (κ3) is 3.18. The predicted octanol–water partition coefficient (Wildman–Crippen LogP) is 3.80. The van der Waals surface area contributed by atoms with Gasteiger partial charge in [0, 0.05) is 13.0 Å². The fourth-order valence-electron chi connectivity index (χ4n) is 2.09. The van der Waals surface area contributed by atoms with Crippen LogP contribution in [0.15, 0.2) is 24.3 Å². The first-order chi connectivity index (χ1) is 8.74. The molecule has 1 aliphatic rings. The van der Waals surface area contributed by atoms with E-state index in [-0.39, 0.29) is 17.6 Å². The molecule has 0 N–H and O–H groups in total. The molecular formula is C15H21ClO2. The average Bonchev–Trinajstić information content (AvgIpc) is 2.39. The fourth-order valence-corrected chi connectivity index (χ4v) is 2.50. The van der Waals surface area contributed by atoms with E-state index in [2.05, 4.69) is 26.0 Å². The molecule has 0 amide bonds. The minimum atomic E-state index is 0.0393. The van der Waals surface area contributed by atoms with Crippen LogP contribution in [-0.2, 0) is 11.2 Å². The molecule has 0 bridgehead atoms. The van der Waals surface area contributed by atoms with E-state index in [1.165, 1.54) is 5.56 Å². The van der Waals surface area contributed by atoms with Gasteiger partial charge < -0.3 is 9.47 Å². The molecule has 2 nitrogen and oxygen atoms in total. The summed E-state index contributed by atoms with van der Waals surface area (Å²) >= 11 is 6.15. The normalized spacial score (nSPS) is 26.7. The Kier molecular flexibility index (Phi) is 4.90. The van der Waals surface area contributed by atoms with E-state index in [0.29, 0.717) is 0 Å². The van der Waals surface area contributed by atoms with Crippen molar-refractivity contribution in [1.82, 2.24) is 0 Å². The molecule has 2 rings (SSSR count). The van der Waals surface area contributed by atoms with Crippen LogP contribution in [-0.4, -0.2) is 24.2 Å². The second kappa shape index (κ2) is 6.44. The van der Waals surface area contributed by atoms with Gasteiger partial charge >= 0.3 is 0 Å². The quantitative estimate of drug-likeness (QED) is 0.731. The summed E-state index contributed by atoms with van der Waals surface area (Å²) < 4.78 is 11.6. The maximum absolute atomic E-state index is 6.15. The van der Waals surface area contributed by atoms with E-state index in [1.54, 1.807) is 0 Å². The molecular weight excluding hydrogens is 248 g/mol. The lowest BCUT2D eigenvalue weighted by Gasteiger charge is -2.40. The van der Waals surface area contributed by atoms with Crippen molar-refractivity contribution in [2.75, 3.05) is 6.61 Å². The van der Waals surface area contributed by atoms with E-state index < -0.39 is 0 Å². The minimum absolute atomic E-state index is 0.0393. The topological polar surface area (TPSA) is 18.5 Å². The lowest BCUT2D eigenvalue weighted by Crippen LogP contribution is -2.52. The Morgan fingerprint density at radius 3 is 2.50 bits per heavy atom. The Hall–Kier alpha value is -0.730. The number of aryl methyl sites for hydroxylation is 1. The van der Waals surface area contributed by atoms with Crippen LogP contribution in [0, 0.1) is 0 Å². The molecule has 0 radical (unpaired) electrons. The maximum atomic E-state index is 6.15. The van der Waals surface area contributed by atoms with E-state index in [0.717, 1.165) is 31.6 Å². The van der Waals surface area contributed by atoms with Crippen molar-refractivity contribution >= 4 is 11.6 Å². The monoisotopic (exact) mass is 268 g/mol.